The first-order valence-electron chi connectivity index (χ1n) is 6.43. The van der Waals surface area contributed by atoms with E-state index in [4.69, 9.17) is 0 Å². The fourth-order valence-corrected chi connectivity index (χ4v) is 2.01. The maximum atomic E-state index is 10.9. The number of nitrogens with zero attached hydrogens (tertiary/aromatic N) is 4. The Morgan fingerprint density at radius 1 is 1.29 bits per heavy atom. The fourth-order valence-electron chi connectivity index (χ4n) is 2.01. The van der Waals surface area contributed by atoms with E-state index in [0.29, 0.717) is 16.9 Å². The highest BCUT2D eigenvalue weighted by Crippen LogP contribution is 2.27. The van der Waals surface area contributed by atoms with E-state index in [1.165, 1.54) is 0 Å². The number of benzene rings is 1. The zero-order chi connectivity index (χ0) is 15.4. The third-order valence-electron chi connectivity index (χ3n) is 3.12. The van der Waals surface area contributed by atoms with Crippen molar-refractivity contribution in [2.24, 2.45) is 12.0 Å². The Hall–Kier alpha value is -2.87. The quantitative estimate of drug-likeness (QED) is 0.491. The molecule has 5 heteroatoms. The number of hydrogen-bond acceptors (Lipinski definition) is 3. The number of nitriles is 1. The van der Waals surface area contributed by atoms with Crippen LogP contribution in [-0.2, 0) is 7.05 Å². The Bertz CT molecular complexity index is 735. The lowest BCUT2D eigenvalue weighted by molar-refractivity contribution is 0.111. The molecule has 0 unspecified atom stereocenters. The van der Waals surface area contributed by atoms with Crippen LogP contribution in [0, 0.1) is 11.3 Å². The van der Waals surface area contributed by atoms with Gasteiger partial charge in [-0.25, -0.2) is 4.99 Å². The number of hydrogen-bond donors (Lipinski definition) is 0. The normalized spacial score (nSPS) is 10.6. The topological polar surface area (TPSA) is 61.4 Å². The van der Waals surface area contributed by atoms with E-state index in [0.717, 1.165) is 17.5 Å². The van der Waals surface area contributed by atoms with Gasteiger partial charge in [0.15, 0.2) is 6.29 Å². The van der Waals surface area contributed by atoms with Crippen LogP contribution in [0.3, 0.4) is 0 Å². The van der Waals surface area contributed by atoms with E-state index in [9.17, 15) is 10.1 Å². The summed E-state index contributed by atoms with van der Waals surface area (Å²) >= 11 is 0. The number of aliphatic imine (C=N–C) groups is 1. The van der Waals surface area contributed by atoms with E-state index in [1.807, 2.05) is 44.2 Å². The standard InChI is InChI=1S/C16H16N4O/c1-19(2)11-18-15-6-4-12(8-13(15)9-17)16-7-5-14(10-21)20(16)3/h4-8,10-11H,1-3H3/b18-11+. The van der Waals surface area contributed by atoms with Gasteiger partial charge in [-0.15, -0.1) is 0 Å². The Labute approximate surface area is 123 Å². The van der Waals surface area contributed by atoms with Crippen LogP contribution < -0.4 is 0 Å². The van der Waals surface area contributed by atoms with Gasteiger partial charge in [-0.05, 0) is 29.8 Å². The summed E-state index contributed by atoms with van der Waals surface area (Å²) < 4.78 is 1.80. The van der Waals surface area contributed by atoms with Crippen molar-refractivity contribution in [1.29, 1.82) is 5.26 Å². The molecule has 0 radical (unpaired) electrons. The van der Waals surface area contributed by atoms with Crippen molar-refractivity contribution in [1.82, 2.24) is 9.47 Å². The van der Waals surface area contributed by atoms with Crippen LogP contribution in [0.25, 0.3) is 11.3 Å². The zero-order valence-electron chi connectivity index (χ0n) is 12.2. The molecule has 0 saturated carbocycles. The molecule has 0 amide bonds. The van der Waals surface area contributed by atoms with Crippen molar-refractivity contribution >= 4 is 18.3 Å². The number of carbonyl (C=O) groups is 1. The van der Waals surface area contributed by atoms with Gasteiger partial charge in [0, 0.05) is 26.8 Å². The molecular weight excluding hydrogens is 264 g/mol. The monoisotopic (exact) mass is 280 g/mol. The Morgan fingerprint density at radius 2 is 2.05 bits per heavy atom. The number of carbonyl (C=O) groups excluding carboxylic acids is 1. The summed E-state index contributed by atoms with van der Waals surface area (Å²) in [4.78, 5) is 17.0. The molecule has 0 fully saturated rings. The molecule has 0 aliphatic carbocycles. The van der Waals surface area contributed by atoms with Crippen molar-refractivity contribution in [3.8, 4) is 17.3 Å². The molecule has 2 rings (SSSR count). The number of aldehydes is 1. The predicted octanol–water partition coefficient (Wildman–Crippen LogP) is 2.60. The SMILES string of the molecule is CN(C)/C=N/c1ccc(-c2ccc(C=O)n2C)cc1C#N. The fraction of sp³-hybridized carbons (Fsp3) is 0.188. The second kappa shape index (κ2) is 6.06. The maximum Gasteiger partial charge on any atom is 0.166 e. The van der Waals surface area contributed by atoms with Crippen LogP contribution in [0.4, 0.5) is 5.69 Å². The summed E-state index contributed by atoms with van der Waals surface area (Å²) in [5.41, 5.74) is 3.49. The van der Waals surface area contributed by atoms with E-state index in [1.54, 1.807) is 23.0 Å². The minimum Gasteiger partial charge on any atom is -0.369 e. The van der Waals surface area contributed by atoms with E-state index < -0.39 is 0 Å². The summed E-state index contributed by atoms with van der Waals surface area (Å²) in [6, 6.07) is 11.3. The van der Waals surface area contributed by atoms with Gasteiger partial charge in [-0.3, -0.25) is 4.79 Å². The highest BCUT2D eigenvalue weighted by atomic mass is 16.1. The van der Waals surface area contributed by atoms with Crippen LogP contribution in [0.15, 0.2) is 35.3 Å². The Kier molecular flexibility index (Phi) is 4.19. The molecule has 0 atom stereocenters. The summed E-state index contributed by atoms with van der Waals surface area (Å²) in [5, 5.41) is 9.28. The summed E-state index contributed by atoms with van der Waals surface area (Å²) in [6.07, 6.45) is 2.47. The average molecular weight is 280 g/mol. The van der Waals surface area contributed by atoms with Crippen LogP contribution in [-0.4, -0.2) is 36.2 Å². The van der Waals surface area contributed by atoms with Gasteiger partial charge in [0.1, 0.15) is 6.07 Å². The first-order chi connectivity index (χ1) is 10.1. The molecule has 106 valence electrons. The summed E-state index contributed by atoms with van der Waals surface area (Å²) in [7, 11) is 5.56. The molecule has 0 N–H and O–H groups in total. The molecular formula is C16H16N4O. The van der Waals surface area contributed by atoms with Crippen molar-refractivity contribution in [3.63, 3.8) is 0 Å². The van der Waals surface area contributed by atoms with E-state index in [-0.39, 0.29) is 0 Å². The van der Waals surface area contributed by atoms with Crippen LogP contribution in [0.1, 0.15) is 16.1 Å². The van der Waals surface area contributed by atoms with Gasteiger partial charge in [0.05, 0.1) is 23.3 Å². The first kappa shape index (κ1) is 14.5. The van der Waals surface area contributed by atoms with Crippen LogP contribution in [0.2, 0.25) is 0 Å². The van der Waals surface area contributed by atoms with Gasteiger partial charge in [-0.2, -0.15) is 5.26 Å². The molecule has 0 spiro atoms. The molecule has 1 aromatic carbocycles. The smallest absolute Gasteiger partial charge is 0.166 e. The van der Waals surface area contributed by atoms with Gasteiger partial charge >= 0.3 is 0 Å². The third-order valence-corrected chi connectivity index (χ3v) is 3.12. The van der Waals surface area contributed by atoms with Crippen LogP contribution in [0.5, 0.6) is 0 Å². The minimum atomic E-state index is 0.499. The number of aromatic nitrogens is 1. The molecule has 0 bridgehead atoms. The lowest BCUT2D eigenvalue weighted by Gasteiger charge is -2.07. The summed E-state index contributed by atoms with van der Waals surface area (Å²) in [6.45, 7) is 0. The minimum absolute atomic E-state index is 0.499. The van der Waals surface area contributed by atoms with E-state index in [2.05, 4.69) is 11.1 Å². The Morgan fingerprint density at radius 3 is 2.62 bits per heavy atom. The third kappa shape index (κ3) is 3.00. The first-order valence-corrected chi connectivity index (χ1v) is 6.43. The second-order valence-corrected chi connectivity index (χ2v) is 4.87. The number of rotatable bonds is 4. The van der Waals surface area contributed by atoms with Gasteiger partial charge < -0.3 is 9.47 Å². The molecule has 1 aromatic heterocycles. The Balaban J connectivity index is 2.46. The molecule has 0 saturated heterocycles. The van der Waals surface area contributed by atoms with Crippen molar-refractivity contribution in [2.45, 2.75) is 0 Å². The second-order valence-electron chi connectivity index (χ2n) is 4.87. The maximum absolute atomic E-state index is 10.9. The summed E-state index contributed by atoms with van der Waals surface area (Å²) in [5.74, 6) is 0. The highest BCUT2D eigenvalue weighted by molar-refractivity contribution is 5.77. The largest absolute Gasteiger partial charge is 0.369 e. The molecule has 21 heavy (non-hydrogen) atoms. The highest BCUT2D eigenvalue weighted by Gasteiger charge is 2.09. The molecule has 1 heterocycles. The van der Waals surface area contributed by atoms with Crippen molar-refractivity contribution in [3.05, 3.63) is 41.6 Å². The van der Waals surface area contributed by atoms with Gasteiger partial charge in [0.25, 0.3) is 0 Å². The molecule has 2 aromatic rings. The molecule has 5 nitrogen and oxygen atoms in total. The molecule has 0 aliphatic heterocycles. The van der Waals surface area contributed by atoms with Crippen molar-refractivity contribution in [2.75, 3.05) is 14.1 Å². The van der Waals surface area contributed by atoms with Crippen LogP contribution >= 0.6 is 0 Å². The average Bonchev–Trinajstić information content (AvgIpc) is 2.85. The lowest BCUT2D eigenvalue weighted by atomic mass is 10.1. The predicted molar refractivity (Wildman–Crippen MR) is 82.8 cm³/mol. The van der Waals surface area contributed by atoms with E-state index >= 15 is 0 Å². The van der Waals surface area contributed by atoms with Gasteiger partial charge in [0.2, 0.25) is 0 Å². The van der Waals surface area contributed by atoms with Gasteiger partial charge in [-0.1, -0.05) is 6.07 Å². The van der Waals surface area contributed by atoms with Crippen molar-refractivity contribution < 1.29 is 4.79 Å². The molecule has 0 aliphatic rings. The zero-order valence-corrected chi connectivity index (χ0v) is 12.2. The lowest BCUT2D eigenvalue weighted by Crippen LogP contribution is -2.07.